The molecule has 30 heavy (non-hydrogen) atoms. The summed E-state index contributed by atoms with van der Waals surface area (Å²) in [4.78, 5) is 15.0. The van der Waals surface area contributed by atoms with E-state index in [0.29, 0.717) is 11.1 Å². The number of rotatable bonds is 7. The zero-order valence-electron chi connectivity index (χ0n) is 17.2. The molecule has 0 radical (unpaired) electrons. The Hall–Kier alpha value is -2.80. The zero-order chi connectivity index (χ0) is 20.9. The summed E-state index contributed by atoms with van der Waals surface area (Å²) >= 11 is 1.30. The first kappa shape index (κ1) is 20.5. The van der Waals surface area contributed by atoms with Crippen LogP contribution in [-0.4, -0.2) is 34.1 Å². The molecule has 1 aliphatic rings. The molecule has 1 amide bonds. The van der Waals surface area contributed by atoms with E-state index in [4.69, 9.17) is 9.15 Å². The summed E-state index contributed by atoms with van der Waals surface area (Å²) in [5, 5.41) is 8.20. The van der Waals surface area contributed by atoms with Gasteiger partial charge in [0.2, 0.25) is 5.91 Å². The molecule has 0 bridgehead atoms. The van der Waals surface area contributed by atoms with Crippen LogP contribution in [0.1, 0.15) is 40.7 Å². The minimum atomic E-state index is -0.405. The molecule has 2 heterocycles. The Labute approximate surface area is 180 Å². The van der Waals surface area contributed by atoms with Gasteiger partial charge in [0.15, 0.2) is 6.61 Å². The van der Waals surface area contributed by atoms with Crippen LogP contribution in [0.15, 0.2) is 58.2 Å². The number of carbonyl (C=O) groups is 1. The maximum absolute atomic E-state index is 13.1. The number of nitrogens with zero attached hydrogens (tertiary/aromatic N) is 3. The summed E-state index contributed by atoms with van der Waals surface area (Å²) in [7, 11) is 0. The maximum atomic E-state index is 13.1. The van der Waals surface area contributed by atoms with E-state index in [2.05, 4.69) is 10.2 Å². The van der Waals surface area contributed by atoms with Gasteiger partial charge in [-0.25, -0.2) is 0 Å². The van der Waals surface area contributed by atoms with E-state index in [1.54, 1.807) is 0 Å². The lowest BCUT2D eigenvalue weighted by Gasteiger charge is -2.22. The third-order valence-electron chi connectivity index (χ3n) is 5.11. The van der Waals surface area contributed by atoms with Crippen molar-refractivity contribution in [1.82, 2.24) is 15.1 Å². The van der Waals surface area contributed by atoms with Gasteiger partial charge in [0.1, 0.15) is 11.0 Å². The van der Waals surface area contributed by atoms with Crippen LogP contribution in [0.2, 0.25) is 0 Å². The van der Waals surface area contributed by atoms with Crippen LogP contribution >= 0.6 is 11.8 Å². The SMILES string of the molecule is Cc1ccc(C)c(OCc2nnc(S[C@@H](C(=O)N3CCCC3)c3ccccc3)o2)c1. The lowest BCUT2D eigenvalue weighted by atomic mass is 10.1. The Kier molecular flexibility index (Phi) is 6.38. The number of aryl methyl sites for hydroxylation is 2. The van der Waals surface area contributed by atoms with Crippen LogP contribution in [0.5, 0.6) is 5.75 Å². The smallest absolute Gasteiger partial charge is 0.277 e. The molecule has 0 aliphatic carbocycles. The number of hydrogen-bond donors (Lipinski definition) is 0. The van der Waals surface area contributed by atoms with Gasteiger partial charge in [0.25, 0.3) is 11.1 Å². The average molecular weight is 424 g/mol. The van der Waals surface area contributed by atoms with E-state index in [1.807, 2.05) is 67.3 Å². The van der Waals surface area contributed by atoms with Crippen molar-refractivity contribution in [1.29, 1.82) is 0 Å². The third-order valence-corrected chi connectivity index (χ3v) is 6.18. The first-order valence-corrected chi connectivity index (χ1v) is 11.0. The fourth-order valence-corrected chi connectivity index (χ4v) is 4.42. The Morgan fingerprint density at radius 1 is 1.13 bits per heavy atom. The summed E-state index contributed by atoms with van der Waals surface area (Å²) < 4.78 is 11.6. The average Bonchev–Trinajstić information content (AvgIpc) is 3.45. The monoisotopic (exact) mass is 423 g/mol. The largest absolute Gasteiger partial charge is 0.484 e. The number of amides is 1. The van der Waals surface area contributed by atoms with Crippen molar-refractivity contribution in [3.05, 3.63) is 71.1 Å². The van der Waals surface area contributed by atoms with Crippen LogP contribution < -0.4 is 4.74 Å². The summed E-state index contributed by atoms with van der Waals surface area (Å²) in [6, 6.07) is 15.8. The molecule has 3 aromatic rings. The van der Waals surface area contributed by atoms with E-state index in [0.717, 1.165) is 48.4 Å². The highest BCUT2D eigenvalue weighted by Crippen LogP contribution is 2.37. The first-order chi connectivity index (χ1) is 14.6. The molecule has 4 rings (SSSR count). The van der Waals surface area contributed by atoms with Crippen LogP contribution in [0.25, 0.3) is 0 Å². The number of thioether (sulfide) groups is 1. The fraction of sp³-hybridized carbons (Fsp3) is 0.348. The molecule has 0 spiro atoms. The molecule has 0 unspecified atom stereocenters. The molecule has 7 heteroatoms. The number of hydrogen-bond acceptors (Lipinski definition) is 6. The minimum absolute atomic E-state index is 0.0927. The number of ether oxygens (including phenoxy) is 1. The molecule has 2 aromatic carbocycles. The Bertz CT molecular complexity index is 1000. The predicted octanol–water partition coefficient (Wildman–Crippen LogP) is 4.72. The topological polar surface area (TPSA) is 68.5 Å². The van der Waals surface area contributed by atoms with Gasteiger partial charge in [0, 0.05) is 13.1 Å². The zero-order valence-corrected chi connectivity index (χ0v) is 18.0. The fourth-order valence-electron chi connectivity index (χ4n) is 3.44. The van der Waals surface area contributed by atoms with E-state index in [1.165, 1.54) is 11.8 Å². The molecule has 6 nitrogen and oxygen atoms in total. The van der Waals surface area contributed by atoms with E-state index in [9.17, 15) is 4.79 Å². The van der Waals surface area contributed by atoms with Crippen LogP contribution in [0, 0.1) is 13.8 Å². The summed E-state index contributed by atoms with van der Waals surface area (Å²) in [6.45, 7) is 5.82. The predicted molar refractivity (Wildman–Crippen MR) is 115 cm³/mol. The second kappa shape index (κ2) is 9.34. The molecule has 1 aromatic heterocycles. The van der Waals surface area contributed by atoms with Crippen LogP contribution in [0.4, 0.5) is 0 Å². The third kappa shape index (κ3) is 4.84. The van der Waals surface area contributed by atoms with Gasteiger partial charge >= 0.3 is 0 Å². The van der Waals surface area contributed by atoms with Crippen LogP contribution in [-0.2, 0) is 11.4 Å². The summed E-state index contributed by atoms with van der Waals surface area (Å²) in [6.07, 6.45) is 2.11. The molecular weight excluding hydrogens is 398 g/mol. The number of aromatic nitrogens is 2. The van der Waals surface area contributed by atoms with Crippen molar-refractivity contribution < 1.29 is 13.9 Å². The summed E-state index contributed by atoms with van der Waals surface area (Å²) in [5.41, 5.74) is 3.12. The molecular formula is C23H25N3O3S. The van der Waals surface area contributed by atoms with Crippen molar-refractivity contribution in [2.45, 2.75) is 43.8 Å². The lowest BCUT2D eigenvalue weighted by molar-refractivity contribution is -0.129. The summed E-state index contributed by atoms with van der Waals surface area (Å²) in [5.74, 6) is 1.28. The Balaban J connectivity index is 1.46. The van der Waals surface area contributed by atoms with Gasteiger partial charge in [-0.1, -0.05) is 42.5 Å². The van der Waals surface area contributed by atoms with Crippen molar-refractivity contribution in [3.8, 4) is 5.75 Å². The van der Waals surface area contributed by atoms with Gasteiger partial charge < -0.3 is 14.1 Å². The normalized spacial score (nSPS) is 14.7. The Morgan fingerprint density at radius 3 is 2.67 bits per heavy atom. The van der Waals surface area contributed by atoms with E-state index in [-0.39, 0.29) is 12.5 Å². The van der Waals surface area contributed by atoms with Gasteiger partial charge in [-0.2, -0.15) is 0 Å². The van der Waals surface area contributed by atoms with Crippen LogP contribution in [0.3, 0.4) is 0 Å². The molecule has 0 saturated carbocycles. The first-order valence-electron chi connectivity index (χ1n) is 10.1. The number of benzene rings is 2. The molecule has 1 fully saturated rings. The standard InChI is InChI=1S/C23H25N3O3S/c1-16-10-11-17(2)19(14-16)28-15-20-24-25-23(29-20)30-21(18-8-4-3-5-9-18)22(27)26-12-6-7-13-26/h3-5,8-11,14,21H,6-7,12-13,15H2,1-2H3/t21-/m1/s1. The minimum Gasteiger partial charge on any atom is -0.484 e. The van der Waals surface area contributed by atoms with E-state index >= 15 is 0 Å². The van der Waals surface area contributed by atoms with Gasteiger partial charge in [0.05, 0.1) is 0 Å². The van der Waals surface area contributed by atoms with E-state index < -0.39 is 5.25 Å². The van der Waals surface area contributed by atoms with Gasteiger partial charge in [-0.3, -0.25) is 4.79 Å². The molecule has 1 aliphatic heterocycles. The maximum Gasteiger partial charge on any atom is 0.277 e. The van der Waals surface area contributed by atoms with Crippen molar-refractivity contribution in [2.75, 3.05) is 13.1 Å². The lowest BCUT2D eigenvalue weighted by Crippen LogP contribution is -2.31. The Morgan fingerprint density at radius 2 is 1.90 bits per heavy atom. The highest BCUT2D eigenvalue weighted by Gasteiger charge is 2.30. The van der Waals surface area contributed by atoms with Crippen molar-refractivity contribution >= 4 is 17.7 Å². The van der Waals surface area contributed by atoms with Crippen molar-refractivity contribution in [3.63, 3.8) is 0 Å². The quantitative estimate of drug-likeness (QED) is 0.512. The van der Waals surface area contributed by atoms with Gasteiger partial charge in [-0.05, 0) is 61.2 Å². The highest BCUT2D eigenvalue weighted by atomic mass is 32.2. The van der Waals surface area contributed by atoms with Crippen molar-refractivity contribution in [2.24, 2.45) is 0 Å². The van der Waals surface area contributed by atoms with Gasteiger partial charge in [-0.15, -0.1) is 10.2 Å². The number of carbonyl (C=O) groups excluding carboxylic acids is 1. The molecule has 1 atom stereocenters. The highest BCUT2D eigenvalue weighted by molar-refractivity contribution is 8.00. The second-order valence-electron chi connectivity index (χ2n) is 7.46. The number of likely N-dealkylation sites (tertiary alicyclic amines) is 1. The molecule has 1 saturated heterocycles. The second-order valence-corrected chi connectivity index (χ2v) is 8.52. The molecule has 0 N–H and O–H groups in total. The molecule has 156 valence electrons.